The van der Waals surface area contributed by atoms with E-state index in [0.717, 1.165) is 24.6 Å². The number of rotatable bonds is 6. The molecule has 0 spiro atoms. The van der Waals surface area contributed by atoms with Gasteiger partial charge in [-0.3, -0.25) is 9.59 Å². The number of nitrogens with one attached hydrogen (secondary N) is 1. The number of hydrogen-bond acceptors (Lipinski definition) is 4. The lowest BCUT2D eigenvalue weighted by Gasteiger charge is -2.40. The van der Waals surface area contributed by atoms with Crippen molar-refractivity contribution in [3.05, 3.63) is 41.6 Å². The highest BCUT2D eigenvalue weighted by Gasteiger charge is 2.39. The van der Waals surface area contributed by atoms with Crippen LogP contribution < -0.4 is 5.32 Å². The highest BCUT2D eigenvalue weighted by molar-refractivity contribution is 5.97. The number of halogens is 2. The smallest absolute Gasteiger partial charge is 0.276 e. The molecule has 1 fully saturated rings. The van der Waals surface area contributed by atoms with E-state index in [4.69, 9.17) is 4.52 Å². The fourth-order valence-electron chi connectivity index (χ4n) is 3.81. The molecule has 1 aliphatic rings. The summed E-state index contributed by atoms with van der Waals surface area (Å²) in [4.78, 5) is 27.5. The molecule has 8 heteroatoms. The quantitative estimate of drug-likeness (QED) is 0.767. The van der Waals surface area contributed by atoms with E-state index in [1.807, 2.05) is 13.8 Å². The maximum absolute atomic E-state index is 13.5. The summed E-state index contributed by atoms with van der Waals surface area (Å²) >= 11 is 0. The van der Waals surface area contributed by atoms with Crippen molar-refractivity contribution in [2.45, 2.75) is 52.6 Å². The SMILES string of the molecule is CC(C)CC1CN(C(=O)c2cc(-c3cc(F)cc(F)c3)on2)C(CC(C)C)C(=O)N1. The minimum Gasteiger partial charge on any atom is -0.355 e. The summed E-state index contributed by atoms with van der Waals surface area (Å²) in [5.41, 5.74) is 0.147. The molecule has 2 atom stereocenters. The van der Waals surface area contributed by atoms with Crippen LogP contribution in [0.3, 0.4) is 0 Å². The number of hydrogen-bond donors (Lipinski definition) is 1. The van der Waals surface area contributed by atoms with Crippen molar-refractivity contribution in [2.75, 3.05) is 6.54 Å². The zero-order valence-electron chi connectivity index (χ0n) is 17.6. The topological polar surface area (TPSA) is 75.4 Å². The molecule has 1 aromatic carbocycles. The van der Waals surface area contributed by atoms with Crippen LogP contribution in [-0.2, 0) is 4.79 Å². The largest absolute Gasteiger partial charge is 0.355 e. The zero-order valence-corrected chi connectivity index (χ0v) is 17.6. The van der Waals surface area contributed by atoms with Gasteiger partial charge in [-0.25, -0.2) is 8.78 Å². The first kappa shape index (κ1) is 21.9. The molecule has 2 amide bonds. The van der Waals surface area contributed by atoms with Crippen molar-refractivity contribution in [3.8, 4) is 11.3 Å². The van der Waals surface area contributed by atoms with Crippen molar-refractivity contribution in [3.63, 3.8) is 0 Å². The third kappa shape index (κ3) is 5.04. The molecular weight excluding hydrogens is 392 g/mol. The Hall–Kier alpha value is -2.77. The van der Waals surface area contributed by atoms with Gasteiger partial charge < -0.3 is 14.7 Å². The Bertz CT molecular complexity index is 906. The predicted molar refractivity (Wildman–Crippen MR) is 108 cm³/mol. The minimum atomic E-state index is -0.754. The van der Waals surface area contributed by atoms with E-state index in [2.05, 4.69) is 24.3 Å². The number of carbonyl (C=O) groups excluding carboxylic acids is 2. The van der Waals surface area contributed by atoms with E-state index in [9.17, 15) is 18.4 Å². The summed E-state index contributed by atoms with van der Waals surface area (Å²) in [7, 11) is 0. The third-order valence-electron chi connectivity index (χ3n) is 5.03. The Morgan fingerprint density at radius 2 is 1.77 bits per heavy atom. The first-order valence-electron chi connectivity index (χ1n) is 10.2. The number of benzene rings is 1. The van der Waals surface area contributed by atoms with E-state index < -0.39 is 23.6 Å². The molecule has 0 radical (unpaired) electrons. The van der Waals surface area contributed by atoms with E-state index in [0.29, 0.717) is 18.9 Å². The van der Waals surface area contributed by atoms with Gasteiger partial charge in [0.05, 0.1) is 0 Å². The van der Waals surface area contributed by atoms with Crippen LogP contribution in [0.2, 0.25) is 0 Å². The van der Waals surface area contributed by atoms with Gasteiger partial charge in [0.2, 0.25) is 5.91 Å². The molecule has 1 aliphatic heterocycles. The highest BCUT2D eigenvalue weighted by Crippen LogP contribution is 2.25. The van der Waals surface area contributed by atoms with Gasteiger partial charge in [-0.15, -0.1) is 0 Å². The number of amides is 2. The molecule has 2 aromatic rings. The molecule has 30 heavy (non-hydrogen) atoms. The number of piperazine rings is 1. The fraction of sp³-hybridized carbons (Fsp3) is 0.500. The maximum atomic E-state index is 13.5. The van der Waals surface area contributed by atoms with E-state index in [1.54, 1.807) is 4.90 Å². The minimum absolute atomic E-state index is 0.00132. The monoisotopic (exact) mass is 419 g/mol. The summed E-state index contributed by atoms with van der Waals surface area (Å²) in [5, 5.41) is 6.83. The van der Waals surface area contributed by atoms with E-state index >= 15 is 0 Å². The Kier molecular flexibility index (Phi) is 6.53. The molecule has 1 aromatic heterocycles. The zero-order chi connectivity index (χ0) is 22.0. The molecule has 0 saturated carbocycles. The molecule has 162 valence electrons. The average Bonchev–Trinajstić information content (AvgIpc) is 3.11. The molecule has 0 bridgehead atoms. The molecular formula is C22H27F2N3O3. The van der Waals surface area contributed by atoms with Crippen LogP contribution >= 0.6 is 0 Å². The summed E-state index contributed by atoms with van der Waals surface area (Å²) < 4.78 is 32.2. The predicted octanol–water partition coefficient (Wildman–Crippen LogP) is 4.02. The second-order valence-electron chi connectivity index (χ2n) is 8.67. The summed E-state index contributed by atoms with van der Waals surface area (Å²) in [5.74, 6) is -1.47. The lowest BCUT2D eigenvalue weighted by molar-refractivity contribution is -0.130. The second-order valence-corrected chi connectivity index (χ2v) is 8.67. The van der Waals surface area contributed by atoms with Gasteiger partial charge in [-0.05, 0) is 36.8 Å². The van der Waals surface area contributed by atoms with E-state index in [1.165, 1.54) is 6.07 Å². The lowest BCUT2D eigenvalue weighted by atomic mass is 9.94. The summed E-state index contributed by atoms with van der Waals surface area (Å²) in [6, 6.07) is 3.57. The van der Waals surface area contributed by atoms with Crippen LogP contribution in [0.1, 0.15) is 51.0 Å². The summed E-state index contributed by atoms with van der Waals surface area (Å²) in [6.45, 7) is 8.46. The first-order valence-corrected chi connectivity index (χ1v) is 10.2. The standard InChI is InChI=1S/C22H27F2N3O3/c1-12(2)5-17-11-27(19(6-13(3)4)21(28)25-17)22(29)18-10-20(30-26-18)14-7-15(23)9-16(24)8-14/h7-10,12-13,17,19H,5-6,11H2,1-4H3,(H,25,28). The van der Waals surface area contributed by atoms with Crippen molar-refractivity contribution in [1.29, 1.82) is 0 Å². The van der Waals surface area contributed by atoms with E-state index in [-0.39, 0.29) is 34.9 Å². The van der Waals surface area contributed by atoms with Gasteiger partial charge in [0.15, 0.2) is 11.5 Å². The van der Waals surface area contributed by atoms with Crippen LogP contribution in [0.5, 0.6) is 0 Å². The molecule has 2 heterocycles. The van der Waals surface area contributed by atoms with Crippen molar-refractivity contribution in [1.82, 2.24) is 15.4 Å². The average molecular weight is 419 g/mol. The Morgan fingerprint density at radius 1 is 1.13 bits per heavy atom. The van der Waals surface area contributed by atoms with Gasteiger partial charge in [0, 0.05) is 30.3 Å². The Balaban J connectivity index is 1.87. The van der Waals surface area contributed by atoms with Crippen LogP contribution in [0, 0.1) is 23.5 Å². The van der Waals surface area contributed by atoms with Crippen LogP contribution in [-0.4, -0.2) is 40.5 Å². The maximum Gasteiger partial charge on any atom is 0.276 e. The highest BCUT2D eigenvalue weighted by atomic mass is 19.1. The molecule has 1 saturated heterocycles. The molecule has 6 nitrogen and oxygen atoms in total. The molecule has 3 rings (SSSR count). The summed E-state index contributed by atoms with van der Waals surface area (Å²) in [6.07, 6.45) is 1.27. The normalized spacial score (nSPS) is 19.5. The Morgan fingerprint density at radius 3 is 2.37 bits per heavy atom. The van der Waals surface area contributed by atoms with Crippen LogP contribution in [0.15, 0.2) is 28.8 Å². The number of aromatic nitrogens is 1. The molecule has 1 N–H and O–H groups in total. The molecule has 0 aliphatic carbocycles. The molecule has 2 unspecified atom stereocenters. The number of nitrogens with zero attached hydrogens (tertiary/aromatic N) is 2. The fourth-order valence-corrected chi connectivity index (χ4v) is 3.81. The number of carbonyl (C=O) groups is 2. The van der Waals surface area contributed by atoms with Crippen molar-refractivity contribution >= 4 is 11.8 Å². The van der Waals surface area contributed by atoms with Gasteiger partial charge in [-0.2, -0.15) is 0 Å². The van der Waals surface area contributed by atoms with Gasteiger partial charge in [0.1, 0.15) is 17.7 Å². The van der Waals surface area contributed by atoms with Crippen molar-refractivity contribution in [2.24, 2.45) is 11.8 Å². The lowest BCUT2D eigenvalue weighted by Crippen LogP contribution is -2.62. The van der Waals surface area contributed by atoms with Crippen LogP contribution in [0.25, 0.3) is 11.3 Å². The van der Waals surface area contributed by atoms with Gasteiger partial charge in [-0.1, -0.05) is 32.9 Å². The van der Waals surface area contributed by atoms with Gasteiger partial charge >= 0.3 is 0 Å². The second kappa shape index (κ2) is 8.93. The Labute approximate surface area is 174 Å². The van der Waals surface area contributed by atoms with Gasteiger partial charge in [0.25, 0.3) is 5.91 Å². The third-order valence-corrected chi connectivity index (χ3v) is 5.03. The first-order chi connectivity index (χ1) is 14.1. The van der Waals surface area contributed by atoms with Crippen LogP contribution in [0.4, 0.5) is 8.78 Å². The van der Waals surface area contributed by atoms with Crippen molar-refractivity contribution < 1.29 is 22.9 Å².